The molecule has 0 fully saturated rings. The fourth-order valence-electron chi connectivity index (χ4n) is 0. The van der Waals surface area contributed by atoms with E-state index in [2.05, 4.69) is 0 Å². The number of hydrogen-bond donors (Lipinski definition) is 2. The van der Waals surface area contributed by atoms with Gasteiger partial charge < -0.3 is 10.2 Å². The molecule has 0 saturated heterocycles. The molecule has 0 heterocycles. The van der Waals surface area contributed by atoms with Crippen molar-refractivity contribution in [1.29, 1.82) is 0 Å². The summed E-state index contributed by atoms with van der Waals surface area (Å²) in [5.41, 5.74) is 0. The zero-order valence-corrected chi connectivity index (χ0v) is 1.80. The number of carboxylic acid groups (broad SMARTS) is 2. The molecule has 0 aliphatic rings. The maximum absolute atomic E-state index is 8.56. The summed E-state index contributed by atoms with van der Waals surface area (Å²) in [6, 6.07) is 0. The predicted octanol–water partition coefficient (Wildman–Crippen LogP) is -1.34. The Morgan fingerprint density at radius 3 is 1.33 bits per heavy atom. The van der Waals surface area contributed by atoms with Crippen molar-refractivity contribution in [3.63, 3.8) is 0 Å². The molecule has 2 N–H and O–H groups in total. The van der Waals surface area contributed by atoms with E-state index in [9.17, 15) is 0 Å². The van der Waals surface area contributed by atoms with Gasteiger partial charge in [0.2, 0.25) is 0 Å². The van der Waals surface area contributed by atoms with E-state index in [1.165, 1.54) is 0 Å². The third kappa shape index (κ3) is 35.1. The van der Waals surface area contributed by atoms with E-state index in [1.807, 2.05) is 0 Å². The second-order valence-electron chi connectivity index (χ2n) is 0.283. The quantitative estimate of drug-likeness (QED) is 0.414. The molecule has 0 aliphatic heterocycles. The molecule has 30 valence electrons. The van der Waals surface area contributed by atoms with Gasteiger partial charge in [-0.05, 0) is 0 Å². The molecule has 0 bridgehead atoms. The van der Waals surface area contributed by atoms with Gasteiger partial charge in [0.25, 0.3) is 0 Å². The molecule has 6 heavy (non-hydrogen) atoms. The Morgan fingerprint density at radius 2 is 1.33 bits per heavy atom. The summed E-state index contributed by atoms with van der Waals surface area (Å²) in [6.45, 7) is 0. The topological polar surface area (TPSA) is 57.5 Å². The van der Waals surface area contributed by atoms with Crippen LogP contribution in [-0.2, 0) is 0 Å². The fraction of sp³-hybridized carbons (Fsp3) is 0. The van der Waals surface area contributed by atoms with Crippen LogP contribution in [0, 0.1) is 0 Å². The zero-order valence-electron chi connectivity index (χ0n) is 1.80. The molecule has 0 aromatic heterocycles. The van der Waals surface area contributed by atoms with Gasteiger partial charge in [0, 0.05) is 0 Å². The standard InChI is InChI=1S/CH2O3.Ca.K.3H/c2-1(3)4;;;;;/h(H2,2,3,4);;;;;. The van der Waals surface area contributed by atoms with Gasteiger partial charge in [0.15, 0.2) is 0 Å². The zero-order chi connectivity index (χ0) is 3.58. The molecule has 0 radical (unpaired) electrons. The van der Waals surface area contributed by atoms with Crippen molar-refractivity contribution < 1.29 is 15.0 Å². The summed E-state index contributed by atoms with van der Waals surface area (Å²) in [4.78, 5) is 8.56. The Hall–Kier alpha value is 2.17. The number of hydrogen-bond acceptors (Lipinski definition) is 1. The van der Waals surface area contributed by atoms with Crippen LogP contribution in [-0.4, -0.2) is 105 Å². The van der Waals surface area contributed by atoms with Gasteiger partial charge in [0.05, 0.1) is 0 Å². The first-order valence-corrected chi connectivity index (χ1v) is 0.651. The van der Waals surface area contributed by atoms with Gasteiger partial charge >= 0.3 is 95.3 Å². The van der Waals surface area contributed by atoms with Crippen molar-refractivity contribution in [1.82, 2.24) is 0 Å². The Bertz CT molecular complexity index is 33.8. The average molecular weight is 144 g/mol. The summed E-state index contributed by atoms with van der Waals surface area (Å²) in [7, 11) is 0. The third-order valence-electron chi connectivity index (χ3n) is 0. The summed E-state index contributed by atoms with van der Waals surface area (Å²) in [5.74, 6) is 0. The van der Waals surface area contributed by atoms with Crippen LogP contribution in [0.2, 0.25) is 0 Å². The summed E-state index contributed by atoms with van der Waals surface area (Å²) >= 11 is 0. The molecule has 0 amide bonds. The van der Waals surface area contributed by atoms with Crippen molar-refractivity contribution >= 4 is 95.3 Å². The maximum atomic E-state index is 8.56. The van der Waals surface area contributed by atoms with E-state index < -0.39 is 6.16 Å². The first kappa shape index (κ1) is 15.7. The van der Waals surface area contributed by atoms with Crippen LogP contribution in [0.1, 0.15) is 0 Å². The first-order valence-electron chi connectivity index (χ1n) is 0.651. The van der Waals surface area contributed by atoms with Crippen molar-refractivity contribution in [3.05, 3.63) is 0 Å². The van der Waals surface area contributed by atoms with Crippen molar-refractivity contribution in [2.75, 3.05) is 0 Å². The van der Waals surface area contributed by atoms with Gasteiger partial charge in [0.1, 0.15) is 0 Å². The minimum absolute atomic E-state index is 0. The van der Waals surface area contributed by atoms with E-state index in [0.717, 1.165) is 0 Å². The molecule has 0 unspecified atom stereocenters. The van der Waals surface area contributed by atoms with Crippen LogP contribution < -0.4 is 0 Å². The molecule has 0 saturated carbocycles. The summed E-state index contributed by atoms with van der Waals surface area (Å²) in [6.07, 6.45) is -1.83. The second kappa shape index (κ2) is 10.2. The molecule has 0 atom stereocenters. The summed E-state index contributed by atoms with van der Waals surface area (Å²) in [5, 5.41) is 13.9. The molecule has 0 aromatic rings. The Morgan fingerprint density at radius 1 is 1.33 bits per heavy atom. The van der Waals surface area contributed by atoms with Crippen LogP contribution >= 0.6 is 0 Å². The van der Waals surface area contributed by atoms with Crippen LogP contribution in [0.5, 0.6) is 0 Å². The Balaban J connectivity index is -0.0000000450. The first-order chi connectivity index (χ1) is 1.73. The number of carbonyl (C=O) groups is 1. The number of rotatable bonds is 0. The molecule has 3 nitrogen and oxygen atoms in total. The van der Waals surface area contributed by atoms with E-state index in [4.69, 9.17) is 15.0 Å². The molecule has 0 rings (SSSR count). The Kier molecular flexibility index (Phi) is 26.7. The van der Waals surface area contributed by atoms with E-state index in [1.54, 1.807) is 0 Å². The van der Waals surface area contributed by atoms with E-state index >= 15 is 0 Å². The molecule has 0 aromatic carbocycles. The van der Waals surface area contributed by atoms with Crippen LogP contribution in [0.25, 0.3) is 0 Å². The van der Waals surface area contributed by atoms with E-state index in [0.29, 0.717) is 0 Å². The van der Waals surface area contributed by atoms with Gasteiger partial charge in [-0.1, -0.05) is 0 Å². The van der Waals surface area contributed by atoms with Gasteiger partial charge in [-0.2, -0.15) is 0 Å². The van der Waals surface area contributed by atoms with Crippen LogP contribution in [0.3, 0.4) is 0 Å². The monoisotopic (exact) mass is 144 g/mol. The van der Waals surface area contributed by atoms with E-state index in [-0.39, 0.29) is 89.1 Å². The SMILES string of the molecule is O=C(O)O.[CaH2].[KH]. The minimum atomic E-state index is -1.83. The molecular weight excluding hydrogens is 139 g/mol. The average Bonchev–Trinajstić information content (AvgIpc) is 0.811. The van der Waals surface area contributed by atoms with Gasteiger partial charge in [-0.15, -0.1) is 0 Å². The van der Waals surface area contributed by atoms with Crippen LogP contribution in [0.4, 0.5) is 4.79 Å². The summed E-state index contributed by atoms with van der Waals surface area (Å²) < 4.78 is 0. The molecule has 0 spiro atoms. The van der Waals surface area contributed by atoms with Crippen molar-refractivity contribution in [2.45, 2.75) is 0 Å². The predicted molar refractivity (Wildman–Crippen MR) is 26.3 cm³/mol. The van der Waals surface area contributed by atoms with Crippen LogP contribution in [0.15, 0.2) is 0 Å². The van der Waals surface area contributed by atoms with Crippen molar-refractivity contribution in [2.24, 2.45) is 0 Å². The third-order valence-corrected chi connectivity index (χ3v) is 0. The molecule has 5 heteroatoms. The van der Waals surface area contributed by atoms with Gasteiger partial charge in [-0.25, -0.2) is 4.79 Å². The fourth-order valence-corrected chi connectivity index (χ4v) is 0. The van der Waals surface area contributed by atoms with Crippen molar-refractivity contribution in [3.8, 4) is 0 Å². The molecule has 0 aliphatic carbocycles. The second-order valence-corrected chi connectivity index (χ2v) is 0.283. The Labute approximate surface area is 108 Å². The van der Waals surface area contributed by atoms with Gasteiger partial charge in [-0.3, -0.25) is 0 Å². The molecular formula is CH5CaKO3. The normalized spacial score (nSPS) is 4.00.